The second kappa shape index (κ2) is 8.21. The van der Waals surface area contributed by atoms with Crippen molar-refractivity contribution in [2.75, 3.05) is 18.2 Å². The summed E-state index contributed by atoms with van der Waals surface area (Å²) >= 11 is 6.38. The maximum atomic E-state index is 9.14. The number of nitrogen functional groups attached to an aromatic ring is 1. The highest BCUT2D eigenvalue weighted by molar-refractivity contribution is 6.31. The summed E-state index contributed by atoms with van der Waals surface area (Å²) in [4.78, 5) is 8.28. The smallest absolute Gasteiger partial charge is 0.136 e. The Morgan fingerprint density at radius 3 is 2.65 bits per heavy atom. The van der Waals surface area contributed by atoms with Gasteiger partial charge in [0.1, 0.15) is 23.7 Å². The maximum Gasteiger partial charge on any atom is 0.136 e. The van der Waals surface area contributed by atoms with Crippen LogP contribution in [0.4, 0.5) is 11.6 Å². The Hall–Kier alpha value is -2.56. The number of rotatable bonds is 6. The summed E-state index contributed by atoms with van der Waals surface area (Å²) in [7, 11) is 1.58. The highest BCUT2D eigenvalue weighted by atomic mass is 35.5. The van der Waals surface area contributed by atoms with Crippen LogP contribution in [0.2, 0.25) is 5.02 Å². The van der Waals surface area contributed by atoms with Gasteiger partial charge in [-0.25, -0.2) is 9.97 Å². The molecule has 2 atom stereocenters. The molecule has 7 nitrogen and oxygen atoms in total. The monoisotopic (exact) mass is 374 g/mol. The Labute approximate surface area is 158 Å². The first-order chi connectivity index (χ1) is 12.3. The van der Waals surface area contributed by atoms with Gasteiger partial charge < -0.3 is 21.5 Å². The molecule has 0 bridgehead atoms. The van der Waals surface area contributed by atoms with Gasteiger partial charge in [0.2, 0.25) is 0 Å². The molecular formula is C18H23ClN6O. The van der Waals surface area contributed by atoms with E-state index < -0.39 is 0 Å². The number of nitrogens with one attached hydrogen (secondary N) is 1. The van der Waals surface area contributed by atoms with Crippen LogP contribution in [0.3, 0.4) is 0 Å². The summed E-state index contributed by atoms with van der Waals surface area (Å²) in [5.74, 6) is 1.53. The molecule has 0 aliphatic rings. The van der Waals surface area contributed by atoms with Crippen molar-refractivity contribution in [2.45, 2.75) is 39.3 Å². The van der Waals surface area contributed by atoms with Crippen molar-refractivity contribution in [2.24, 2.45) is 5.73 Å². The highest BCUT2D eigenvalue weighted by Crippen LogP contribution is 2.38. The van der Waals surface area contributed by atoms with E-state index in [1.165, 1.54) is 6.33 Å². The maximum absolute atomic E-state index is 9.14. The molecule has 1 unspecified atom stereocenters. The molecule has 8 heteroatoms. The third-order valence-corrected chi connectivity index (χ3v) is 4.67. The van der Waals surface area contributed by atoms with E-state index in [2.05, 4.69) is 21.4 Å². The molecule has 138 valence electrons. The molecular weight excluding hydrogens is 352 g/mol. The third kappa shape index (κ3) is 3.82. The molecule has 0 aliphatic carbocycles. The number of anilines is 2. The number of methoxy groups -OCH3 is 1. The van der Waals surface area contributed by atoms with Gasteiger partial charge in [-0.05, 0) is 32.4 Å². The van der Waals surface area contributed by atoms with E-state index in [0.29, 0.717) is 28.0 Å². The zero-order valence-electron chi connectivity index (χ0n) is 15.3. The molecule has 26 heavy (non-hydrogen) atoms. The fourth-order valence-electron chi connectivity index (χ4n) is 2.91. The summed E-state index contributed by atoms with van der Waals surface area (Å²) in [6, 6.07) is 3.45. The summed E-state index contributed by atoms with van der Waals surface area (Å²) in [6.07, 6.45) is 1.59. The number of aromatic nitrogens is 2. The topological polar surface area (TPSA) is 123 Å². The Balaban J connectivity index is 2.50. The normalized spacial score (nSPS) is 13.0. The van der Waals surface area contributed by atoms with Gasteiger partial charge in [0, 0.05) is 22.2 Å². The van der Waals surface area contributed by atoms with E-state index in [1.54, 1.807) is 7.11 Å². The van der Waals surface area contributed by atoms with Crippen molar-refractivity contribution in [1.29, 1.82) is 5.26 Å². The fraction of sp³-hybridized carbons (Fsp3) is 0.389. The van der Waals surface area contributed by atoms with E-state index in [0.717, 1.165) is 16.7 Å². The van der Waals surface area contributed by atoms with Crippen molar-refractivity contribution in [3.05, 3.63) is 39.7 Å². The minimum Gasteiger partial charge on any atom is -0.496 e. The third-order valence-electron chi connectivity index (χ3n) is 4.28. The minimum atomic E-state index is -0.330. The van der Waals surface area contributed by atoms with Gasteiger partial charge in [-0.1, -0.05) is 11.6 Å². The molecule has 0 amide bonds. The molecule has 0 aliphatic heterocycles. The van der Waals surface area contributed by atoms with Gasteiger partial charge in [-0.3, -0.25) is 0 Å². The van der Waals surface area contributed by atoms with Crippen LogP contribution in [0.5, 0.6) is 5.75 Å². The molecule has 5 N–H and O–H groups in total. The predicted molar refractivity (Wildman–Crippen MR) is 103 cm³/mol. The lowest BCUT2D eigenvalue weighted by atomic mass is 9.97. The standard InChI is InChI=1S/C18H23ClN6O/c1-9-12(5-6-20)16(26-4)13(7-14(9)19)11(3)25-18-15(10(2)21)17(22)23-8-24-18/h7-8,10-11H,5,21H2,1-4H3,(H3,22,23,24,25)/t10-,11?/m1/s1. The summed E-state index contributed by atoms with van der Waals surface area (Å²) in [5, 5.41) is 13.0. The lowest BCUT2D eigenvalue weighted by Gasteiger charge is -2.23. The number of ether oxygens (including phenoxy) is 1. The number of halogens is 1. The second-order valence-corrected chi connectivity index (χ2v) is 6.50. The first kappa shape index (κ1) is 19.8. The van der Waals surface area contributed by atoms with E-state index in [9.17, 15) is 0 Å². The van der Waals surface area contributed by atoms with Crippen LogP contribution >= 0.6 is 11.6 Å². The Kier molecular flexibility index (Phi) is 6.24. The fourth-order valence-corrected chi connectivity index (χ4v) is 3.14. The SMILES string of the molecule is COc1c(C(C)Nc2ncnc(N)c2[C@@H](C)N)cc(Cl)c(C)c1CC#N. The van der Waals surface area contributed by atoms with Gasteiger partial charge >= 0.3 is 0 Å². The Morgan fingerprint density at radius 2 is 2.08 bits per heavy atom. The summed E-state index contributed by atoms with van der Waals surface area (Å²) in [5.41, 5.74) is 15.0. The van der Waals surface area contributed by atoms with Crippen LogP contribution in [0.15, 0.2) is 12.4 Å². The first-order valence-corrected chi connectivity index (χ1v) is 8.54. The molecule has 1 aromatic heterocycles. The first-order valence-electron chi connectivity index (χ1n) is 8.17. The van der Waals surface area contributed by atoms with E-state index >= 15 is 0 Å². The molecule has 0 spiro atoms. The lowest BCUT2D eigenvalue weighted by Crippen LogP contribution is -2.17. The van der Waals surface area contributed by atoms with Crippen molar-refractivity contribution in [3.8, 4) is 11.8 Å². The lowest BCUT2D eigenvalue weighted by molar-refractivity contribution is 0.403. The summed E-state index contributed by atoms with van der Waals surface area (Å²) < 4.78 is 5.59. The van der Waals surface area contributed by atoms with Gasteiger partial charge in [-0.2, -0.15) is 5.26 Å². The average molecular weight is 375 g/mol. The minimum absolute atomic E-state index is 0.209. The van der Waals surface area contributed by atoms with E-state index in [4.69, 9.17) is 33.1 Å². The van der Waals surface area contributed by atoms with Crippen molar-refractivity contribution in [3.63, 3.8) is 0 Å². The number of nitriles is 1. The quantitative estimate of drug-likeness (QED) is 0.708. The molecule has 2 aromatic rings. The van der Waals surface area contributed by atoms with Gasteiger partial charge in [0.15, 0.2) is 0 Å². The molecule has 1 aromatic carbocycles. The average Bonchev–Trinajstić information content (AvgIpc) is 2.58. The van der Waals surface area contributed by atoms with Crippen LogP contribution < -0.4 is 21.5 Å². The number of hydrogen-bond donors (Lipinski definition) is 3. The largest absolute Gasteiger partial charge is 0.496 e. The molecule has 1 heterocycles. The van der Waals surface area contributed by atoms with Gasteiger partial charge in [-0.15, -0.1) is 0 Å². The highest BCUT2D eigenvalue weighted by Gasteiger charge is 2.22. The zero-order valence-corrected chi connectivity index (χ0v) is 16.1. The molecule has 0 fully saturated rings. The molecule has 0 radical (unpaired) electrons. The molecule has 2 rings (SSSR count). The summed E-state index contributed by atoms with van der Waals surface area (Å²) in [6.45, 7) is 5.64. The van der Waals surface area contributed by atoms with Gasteiger partial charge in [0.05, 0.1) is 31.2 Å². The van der Waals surface area contributed by atoms with Crippen LogP contribution in [0.25, 0.3) is 0 Å². The molecule has 0 saturated heterocycles. The van der Waals surface area contributed by atoms with Crippen LogP contribution in [0, 0.1) is 18.3 Å². The van der Waals surface area contributed by atoms with E-state index in [1.807, 2.05) is 26.8 Å². The van der Waals surface area contributed by atoms with Crippen molar-refractivity contribution < 1.29 is 4.74 Å². The zero-order chi connectivity index (χ0) is 19.4. The van der Waals surface area contributed by atoms with Crippen molar-refractivity contribution >= 4 is 23.2 Å². The predicted octanol–water partition coefficient (Wildman–Crippen LogP) is 3.29. The van der Waals surface area contributed by atoms with E-state index in [-0.39, 0.29) is 18.5 Å². The Morgan fingerprint density at radius 1 is 1.38 bits per heavy atom. The number of benzene rings is 1. The van der Waals surface area contributed by atoms with Crippen LogP contribution in [-0.4, -0.2) is 17.1 Å². The second-order valence-electron chi connectivity index (χ2n) is 6.10. The molecule has 0 saturated carbocycles. The van der Waals surface area contributed by atoms with Crippen LogP contribution in [-0.2, 0) is 6.42 Å². The Bertz CT molecular complexity index is 847. The van der Waals surface area contributed by atoms with Crippen molar-refractivity contribution in [1.82, 2.24) is 9.97 Å². The van der Waals surface area contributed by atoms with Crippen LogP contribution in [0.1, 0.15) is 48.2 Å². The van der Waals surface area contributed by atoms with Gasteiger partial charge in [0.25, 0.3) is 0 Å². The number of nitrogens with two attached hydrogens (primary N) is 2. The number of hydrogen-bond acceptors (Lipinski definition) is 7. The number of nitrogens with zero attached hydrogens (tertiary/aromatic N) is 3.